The molecular weight excluding hydrogens is 279 g/mol. The molecule has 20 heavy (non-hydrogen) atoms. The van der Waals surface area contributed by atoms with E-state index >= 15 is 0 Å². The largest absolute Gasteiger partial charge is 0.399 e. The summed E-state index contributed by atoms with van der Waals surface area (Å²) in [7, 11) is -3.76. The Balaban J connectivity index is 2.41. The number of sulfonamides is 1. The van der Waals surface area contributed by atoms with Crippen LogP contribution >= 0.6 is 0 Å². The molecule has 2 aromatic rings. The first-order valence-electron chi connectivity index (χ1n) is 5.95. The molecular formula is C14H15FN2O2S. The molecule has 0 radical (unpaired) electrons. The average molecular weight is 294 g/mol. The van der Waals surface area contributed by atoms with E-state index in [1.807, 2.05) is 0 Å². The summed E-state index contributed by atoms with van der Waals surface area (Å²) in [6.07, 6.45) is 0. The van der Waals surface area contributed by atoms with Crippen molar-refractivity contribution in [3.8, 4) is 0 Å². The molecule has 0 amide bonds. The highest BCUT2D eigenvalue weighted by Gasteiger charge is 2.16. The fourth-order valence-corrected chi connectivity index (χ4v) is 2.94. The standard InChI is InChI=1S/C14H15FN2O2S/c1-9-8-11(6-7-13(9)16)20(18,19)17-14-5-3-4-12(15)10(14)2/h3-8,17H,16H2,1-2H3. The summed E-state index contributed by atoms with van der Waals surface area (Å²) in [5, 5.41) is 0. The lowest BCUT2D eigenvalue weighted by molar-refractivity contribution is 0.600. The number of hydrogen-bond donors (Lipinski definition) is 2. The van der Waals surface area contributed by atoms with Crippen molar-refractivity contribution in [2.45, 2.75) is 18.7 Å². The van der Waals surface area contributed by atoms with Crippen LogP contribution in [0.15, 0.2) is 41.3 Å². The topological polar surface area (TPSA) is 72.2 Å². The van der Waals surface area contributed by atoms with E-state index in [4.69, 9.17) is 5.73 Å². The lowest BCUT2D eigenvalue weighted by atomic mass is 10.2. The molecule has 4 nitrogen and oxygen atoms in total. The van der Waals surface area contributed by atoms with Crippen LogP contribution in [0.4, 0.5) is 15.8 Å². The predicted molar refractivity (Wildman–Crippen MR) is 77.5 cm³/mol. The Hall–Kier alpha value is -2.08. The summed E-state index contributed by atoms with van der Waals surface area (Å²) >= 11 is 0. The molecule has 0 spiro atoms. The summed E-state index contributed by atoms with van der Waals surface area (Å²) < 4.78 is 40.3. The van der Waals surface area contributed by atoms with Gasteiger partial charge in [-0.1, -0.05) is 6.07 Å². The second-order valence-corrected chi connectivity index (χ2v) is 6.22. The molecule has 2 rings (SSSR count). The van der Waals surface area contributed by atoms with Crippen molar-refractivity contribution in [1.29, 1.82) is 0 Å². The maximum absolute atomic E-state index is 13.4. The van der Waals surface area contributed by atoms with Gasteiger partial charge in [0.15, 0.2) is 0 Å². The summed E-state index contributed by atoms with van der Waals surface area (Å²) in [4.78, 5) is 0.0906. The predicted octanol–water partition coefficient (Wildman–Crippen LogP) is 2.83. The van der Waals surface area contributed by atoms with E-state index in [1.54, 1.807) is 6.92 Å². The fraction of sp³-hybridized carbons (Fsp3) is 0.143. The van der Waals surface area contributed by atoms with Gasteiger partial charge in [-0.05, 0) is 49.7 Å². The molecule has 0 aliphatic heterocycles. The number of halogens is 1. The minimum atomic E-state index is -3.76. The number of aryl methyl sites for hydroxylation is 1. The number of rotatable bonds is 3. The van der Waals surface area contributed by atoms with E-state index < -0.39 is 15.8 Å². The first-order chi connectivity index (χ1) is 9.31. The van der Waals surface area contributed by atoms with Crippen molar-refractivity contribution in [3.05, 3.63) is 53.3 Å². The van der Waals surface area contributed by atoms with Crippen LogP contribution in [0.1, 0.15) is 11.1 Å². The van der Waals surface area contributed by atoms with Gasteiger partial charge in [0.25, 0.3) is 10.0 Å². The molecule has 0 bridgehead atoms. The van der Waals surface area contributed by atoms with Crippen LogP contribution in [0.3, 0.4) is 0 Å². The van der Waals surface area contributed by atoms with Crippen LogP contribution in [0.2, 0.25) is 0 Å². The highest BCUT2D eigenvalue weighted by molar-refractivity contribution is 7.92. The van der Waals surface area contributed by atoms with Gasteiger partial charge in [0.05, 0.1) is 10.6 Å². The Morgan fingerprint density at radius 3 is 2.50 bits per heavy atom. The number of nitrogen functional groups attached to an aromatic ring is 1. The van der Waals surface area contributed by atoms with Crippen molar-refractivity contribution < 1.29 is 12.8 Å². The molecule has 6 heteroatoms. The molecule has 0 aliphatic rings. The summed E-state index contributed by atoms with van der Waals surface area (Å²) in [6, 6.07) is 8.67. The van der Waals surface area contributed by atoms with Crippen molar-refractivity contribution >= 4 is 21.4 Å². The minimum Gasteiger partial charge on any atom is -0.399 e. The van der Waals surface area contributed by atoms with Crippen LogP contribution in [0.5, 0.6) is 0 Å². The van der Waals surface area contributed by atoms with Crippen molar-refractivity contribution in [2.24, 2.45) is 0 Å². The van der Waals surface area contributed by atoms with E-state index in [-0.39, 0.29) is 16.1 Å². The normalized spacial score (nSPS) is 11.3. The number of benzene rings is 2. The highest BCUT2D eigenvalue weighted by atomic mass is 32.2. The van der Waals surface area contributed by atoms with Crippen LogP contribution in [-0.4, -0.2) is 8.42 Å². The second kappa shape index (κ2) is 5.13. The van der Waals surface area contributed by atoms with Crippen LogP contribution in [-0.2, 0) is 10.0 Å². The van der Waals surface area contributed by atoms with Crippen LogP contribution < -0.4 is 10.5 Å². The average Bonchev–Trinajstić information content (AvgIpc) is 2.38. The summed E-state index contributed by atoms with van der Waals surface area (Å²) in [5.41, 5.74) is 7.33. The van der Waals surface area contributed by atoms with Crippen molar-refractivity contribution in [3.63, 3.8) is 0 Å². The first kappa shape index (κ1) is 14.3. The number of hydrogen-bond acceptors (Lipinski definition) is 3. The fourth-order valence-electron chi connectivity index (χ4n) is 1.74. The van der Waals surface area contributed by atoms with Gasteiger partial charge in [0.2, 0.25) is 0 Å². The maximum atomic E-state index is 13.4. The first-order valence-corrected chi connectivity index (χ1v) is 7.43. The van der Waals surface area contributed by atoms with Gasteiger partial charge in [0, 0.05) is 11.3 Å². The SMILES string of the molecule is Cc1cc(S(=O)(=O)Nc2cccc(F)c2C)ccc1N. The molecule has 3 N–H and O–H groups in total. The molecule has 0 aliphatic carbocycles. The third-order valence-corrected chi connectivity index (χ3v) is 4.43. The molecule has 0 saturated heterocycles. The third kappa shape index (κ3) is 2.75. The van der Waals surface area contributed by atoms with Crippen molar-refractivity contribution in [2.75, 3.05) is 10.5 Å². The van der Waals surface area contributed by atoms with Crippen LogP contribution in [0, 0.1) is 19.7 Å². The lowest BCUT2D eigenvalue weighted by Crippen LogP contribution is -2.14. The lowest BCUT2D eigenvalue weighted by Gasteiger charge is -2.12. The molecule has 0 aromatic heterocycles. The number of nitrogens with two attached hydrogens (primary N) is 1. The zero-order chi connectivity index (χ0) is 14.9. The molecule has 0 fully saturated rings. The van der Waals surface area contributed by atoms with Gasteiger partial charge >= 0.3 is 0 Å². The Morgan fingerprint density at radius 2 is 1.85 bits per heavy atom. The Labute approximate surface area is 117 Å². The van der Waals surface area contributed by atoms with Gasteiger partial charge in [-0.2, -0.15) is 0 Å². The van der Waals surface area contributed by atoms with Gasteiger partial charge in [0.1, 0.15) is 5.82 Å². The van der Waals surface area contributed by atoms with Crippen molar-refractivity contribution in [1.82, 2.24) is 0 Å². The monoisotopic (exact) mass is 294 g/mol. The zero-order valence-electron chi connectivity index (χ0n) is 11.1. The quantitative estimate of drug-likeness (QED) is 0.855. The van der Waals surface area contributed by atoms with E-state index in [0.29, 0.717) is 11.3 Å². The smallest absolute Gasteiger partial charge is 0.261 e. The second-order valence-electron chi connectivity index (χ2n) is 4.54. The van der Waals surface area contributed by atoms with Crippen LogP contribution in [0.25, 0.3) is 0 Å². The Bertz CT molecular complexity index is 758. The molecule has 0 atom stereocenters. The zero-order valence-corrected chi connectivity index (χ0v) is 12.0. The van der Waals surface area contributed by atoms with E-state index in [0.717, 1.165) is 0 Å². The Kier molecular flexibility index (Phi) is 3.67. The highest BCUT2D eigenvalue weighted by Crippen LogP contribution is 2.23. The summed E-state index contributed by atoms with van der Waals surface area (Å²) in [6.45, 7) is 3.24. The van der Waals surface area contributed by atoms with Gasteiger partial charge in [-0.15, -0.1) is 0 Å². The molecule has 2 aromatic carbocycles. The molecule has 0 unspecified atom stereocenters. The molecule has 0 saturated carbocycles. The minimum absolute atomic E-state index is 0.0906. The third-order valence-electron chi connectivity index (χ3n) is 3.06. The van der Waals surface area contributed by atoms with Gasteiger partial charge < -0.3 is 5.73 Å². The van der Waals surface area contributed by atoms with E-state index in [2.05, 4.69) is 4.72 Å². The van der Waals surface area contributed by atoms with Gasteiger partial charge in [-0.25, -0.2) is 12.8 Å². The molecule has 106 valence electrons. The van der Waals surface area contributed by atoms with Gasteiger partial charge in [-0.3, -0.25) is 4.72 Å². The molecule has 0 heterocycles. The number of anilines is 2. The van der Waals surface area contributed by atoms with E-state index in [9.17, 15) is 12.8 Å². The summed E-state index contributed by atoms with van der Waals surface area (Å²) in [5.74, 6) is -0.460. The number of nitrogens with one attached hydrogen (secondary N) is 1. The Morgan fingerprint density at radius 1 is 1.15 bits per heavy atom. The van der Waals surface area contributed by atoms with E-state index in [1.165, 1.54) is 43.3 Å². The maximum Gasteiger partial charge on any atom is 0.261 e.